The Hall–Kier alpha value is -3.32. The maximum absolute atomic E-state index is 13.1. The van der Waals surface area contributed by atoms with Gasteiger partial charge in [-0.15, -0.1) is 11.8 Å². The van der Waals surface area contributed by atoms with Crippen molar-refractivity contribution in [1.82, 2.24) is 0 Å². The van der Waals surface area contributed by atoms with Crippen LogP contribution < -0.4 is 10.1 Å². The Morgan fingerprint density at radius 3 is 2.29 bits per heavy atom. The number of rotatable bonds is 7. The molecule has 1 atom stereocenters. The van der Waals surface area contributed by atoms with E-state index in [1.807, 2.05) is 60.7 Å². The number of hydrogen-bond donors (Lipinski definition) is 1. The van der Waals surface area contributed by atoms with Crippen LogP contribution >= 0.6 is 11.8 Å². The smallest absolute Gasteiger partial charge is 0.273 e. The van der Waals surface area contributed by atoms with E-state index in [-0.39, 0.29) is 17.3 Å². The minimum atomic E-state index is -0.508. The molecule has 3 aromatic carbocycles. The highest BCUT2D eigenvalue weighted by molar-refractivity contribution is 8.00. The molecule has 0 bridgehead atoms. The Morgan fingerprint density at radius 2 is 1.68 bits per heavy atom. The highest BCUT2D eigenvalue weighted by Gasteiger charge is 2.23. The molecule has 0 fully saturated rings. The van der Waals surface area contributed by atoms with Gasteiger partial charge in [0.2, 0.25) is 5.91 Å². The Balaban J connectivity index is 1.88. The molecule has 0 saturated carbocycles. The van der Waals surface area contributed by atoms with Crippen LogP contribution in [0.4, 0.5) is 11.4 Å². The van der Waals surface area contributed by atoms with Crippen molar-refractivity contribution in [3.8, 4) is 5.75 Å². The van der Waals surface area contributed by atoms with Crippen LogP contribution in [0.25, 0.3) is 0 Å². The Bertz CT molecular complexity index is 965. The molecule has 0 aromatic heterocycles. The molecular formula is C21H18N2O4S. The van der Waals surface area contributed by atoms with E-state index in [4.69, 9.17) is 4.74 Å². The van der Waals surface area contributed by atoms with Crippen LogP contribution in [-0.4, -0.2) is 17.9 Å². The van der Waals surface area contributed by atoms with Gasteiger partial charge in [0.1, 0.15) is 11.0 Å². The maximum atomic E-state index is 13.1. The minimum absolute atomic E-state index is 0.104. The van der Waals surface area contributed by atoms with E-state index in [2.05, 4.69) is 5.32 Å². The summed E-state index contributed by atoms with van der Waals surface area (Å²) in [5.74, 6) is -0.00808. The molecular weight excluding hydrogens is 376 g/mol. The number of nitro groups is 1. The Labute approximate surface area is 166 Å². The highest BCUT2D eigenvalue weighted by Crippen LogP contribution is 2.37. The average Bonchev–Trinajstić information content (AvgIpc) is 2.73. The van der Waals surface area contributed by atoms with Crippen LogP contribution in [0.5, 0.6) is 5.75 Å². The minimum Gasteiger partial charge on any atom is -0.494 e. The fourth-order valence-corrected chi connectivity index (χ4v) is 3.68. The number of non-ortho nitro benzene ring substituents is 1. The first-order chi connectivity index (χ1) is 13.6. The van der Waals surface area contributed by atoms with E-state index in [0.29, 0.717) is 5.69 Å². The lowest BCUT2D eigenvalue weighted by Crippen LogP contribution is -2.19. The SMILES string of the molecule is COc1cc([N+](=O)[O-])ccc1NC(=O)[C@@H](Sc1ccccc1)c1ccccc1. The van der Waals surface area contributed by atoms with Gasteiger partial charge in [-0.3, -0.25) is 14.9 Å². The van der Waals surface area contributed by atoms with Crippen molar-refractivity contribution in [3.63, 3.8) is 0 Å². The highest BCUT2D eigenvalue weighted by atomic mass is 32.2. The third kappa shape index (κ3) is 4.69. The quantitative estimate of drug-likeness (QED) is 0.343. The molecule has 0 saturated heterocycles. The summed E-state index contributed by atoms with van der Waals surface area (Å²) < 4.78 is 5.21. The van der Waals surface area contributed by atoms with Crippen molar-refractivity contribution in [2.45, 2.75) is 10.1 Å². The van der Waals surface area contributed by atoms with Crippen LogP contribution in [0.15, 0.2) is 83.8 Å². The number of benzene rings is 3. The lowest BCUT2D eigenvalue weighted by molar-refractivity contribution is -0.384. The lowest BCUT2D eigenvalue weighted by Gasteiger charge is -2.18. The Morgan fingerprint density at radius 1 is 1.04 bits per heavy atom. The Kier molecular flexibility index (Phi) is 6.29. The van der Waals surface area contributed by atoms with E-state index in [1.54, 1.807) is 0 Å². The van der Waals surface area contributed by atoms with Gasteiger partial charge in [0.15, 0.2) is 0 Å². The summed E-state index contributed by atoms with van der Waals surface area (Å²) >= 11 is 1.43. The summed E-state index contributed by atoms with van der Waals surface area (Å²) in [6.45, 7) is 0. The maximum Gasteiger partial charge on any atom is 0.273 e. The van der Waals surface area contributed by atoms with Crippen molar-refractivity contribution in [2.24, 2.45) is 0 Å². The molecule has 0 aliphatic carbocycles. The molecule has 7 heteroatoms. The van der Waals surface area contributed by atoms with E-state index in [0.717, 1.165) is 10.5 Å². The average molecular weight is 394 g/mol. The molecule has 0 heterocycles. The molecule has 3 aromatic rings. The van der Waals surface area contributed by atoms with Crippen LogP contribution in [-0.2, 0) is 4.79 Å². The molecule has 0 aliphatic rings. The molecule has 6 nitrogen and oxygen atoms in total. The summed E-state index contributed by atoms with van der Waals surface area (Å²) in [4.78, 5) is 24.5. The normalized spacial score (nSPS) is 11.5. The predicted molar refractivity (Wildman–Crippen MR) is 110 cm³/mol. The molecule has 1 N–H and O–H groups in total. The van der Waals surface area contributed by atoms with Crippen molar-refractivity contribution < 1.29 is 14.5 Å². The first-order valence-corrected chi connectivity index (χ1v) is 9.36. The van der Waals surface area contributed by atoms with Gasteiger partial charge >= 0.3 is 0 Å². The fraction of sp³-hybridized carbons (Fsp3) is 0.0952. The molecule has 142 valence electrons. The number of methoxy groups -OCH3 is 1. The van der Waals surface area contributed by atoms with E-state index in [1.165, 1.54) is 37.1 Å². The second-order valence-corrected chi connectivity index (χ2v) is 7.03. The zero-order valence-corrected chi connectivity index (χ0v) is 15.9. The lowest BCUT2D eigenvalue weighted by atomic mass is 10.1. The standard InChI is InChI=1S/C21H18N2O4S/c1-27-19-14-16(23(25)26)12-13-18(19)22-21(24)20(15-8-4-2-5-9-15)28-17-10-6-3-7-11-17/h2-14,20H,1H3,(H,22,24)/t20-/m0/s1. The summed E-state index contributed by atoms with van der Waals surface area (Å²) in [7, 11) is 1.40. The molecule has 1 amide bonds. The number of thioether (sulfide) groups is 1. The third-order valence-electron chi connectivity index (χ3n) is 3.99. The summed E-state index contributed by atoms with van der Waals surface area (Å²) in [5, 5.41) is 13.3. The van der Waals surface area contributed by atoms with Crippen molar-refractivity contribution in [1.29, 1.82) is 0 Å². The second kappa shape index (κ2) is 9.05. The van der Waals surface area contributed by atoms with Crippen molar-refractivity contribution in [2.75, 3.05) is 12.4 Å². The number of nitrogens with one attached hydrogen (secondary N) is 1. The van der Waals surface area contributed by atoms with E-state index < -0.39 is 10.2 Å². The monoisotopic (exact) mass is 394 g/mol. The number of nitro benzene ring substituents is 1. The van der Waals surface area contributed by atoms with Gasteiger partial charge in [0, 0.05) is 11.0 Å². The number of amides is 1. The van der Waals surface area contributed by atoms with Gasteiger partial charge in [-0.25, -0.2) is 0 Å². The molecule has 0 spiro atoms. The van der Waals surface area contributed by atoms with Gasteiger partial charge < -0.3 is 10.1 Å². The van der Waals surface area contributed by atoms with Gasteiger partial charge in [-0.2, -0.15) is 0 Å². The van der Waals surface area contributed by atoms with Gasteiger partial charge in [0.25, 0.3) is 5.69 Å². The summed E-state index contributed by atoms with van der Waals surface area (Å²) in [6.07, 6.45) is 0. The zero-order valence-electron chi connectivity index (χ0n) is 15.1. The number of carbonyl (C=O) groups excluding carboxylic acids is 1. The predicted octanol–water partition coefficient (Wildman–Crippen LogP) is 5.08. The molecule has 0 unspecified atom stereocenters. The second-order valence-electron chi connectivity index (χ2n) is 5.85. The molecule has 28 heavy (non-hydrogen) atoms. The zero-order chi connectivity index (χ0) is 19.9. The van der Waals surface area contributed by atoms with E-state index >= 15 is 0 Å². The molecule has 3 rings (SSSR count). The van der Waals surface area contributed by atoms with Gasteiger partial charge in [-0.05, 0) is 23.8 Å². The summed E-state index contributed by atoms with van der Waals surface area (Å²) in [5.41, 5.74) is 1.13. The van der Waals surface area contributed by atoms with Gasteiger partial charge in [-0.1, -0.05) is 48.5 Å². The van der Waals surface area contributed by atoms with Crippen LogP contribution in [0, 0.1) is 10.1 Å². The van der Waals surface area contributed by atoms with Crippen molar-refractivity contribution in [3.05, 3.63) is 94.5 Å². The van der Waals surface area contributed by atoms with Crippen molar-refractivity contribution >= 4 is 29.0 Å². The molecule has 0 radical (unpaired) electrons. The first kappa shape index (κ1) is 19.4. The fourth-order valence-electron chi connectivity index (χ4n) is 2.63. The first-order valence-electron chi connectivity index (χ1n) is 8.48. The number of anilines is 1. The third-order valence-corrected chi connectivity index (χ3v) is 5.26. The summed E-state index contributed by atoms with van der Waals surface area (Å²) in [6, 6.07) is 23.2. The van der Waals surface area contributed by atoms with Crippen LogP contribution in [0.2, 0.25) is 0 Å². The number of ether oxygens (including phenoxy) is 1. The van der Waals surface area contributed by atoms with Crippen LogP contribution in [0.1, 0.15) is 10.8 Å². The van der Waals surface area contributed by atoms with Crippen LogP contribution in [0.3, 0.4) is 0 Å². The number of hydrogen-bond acceptors (Lipinski definition) is 5. The topological polar surface area (TPSA) is 81.5 Å². The number of nitrogens with zero attached hydrogens (tertiary/aromatic N) is 1. The largest absolute Gasteiger partial charge is 0.494 e. The van der Waals surface area contributed by atoms with Gasteiger partial charge in [0.05, 0.1) is 23.8 Å². The number of carbonyl (C=O) groups is 1. The van der Waals surface area contributed by atoms with E-state index in [9.17, 15) is 14.9 Å². The molecule has 0 aliphatic heterocycles.